The standard InChI is InChI=1S/C21H21N5O5S/c1-3-13(2)25-20(29)16-6-4-5-7-17(16)22-21(25)32-12-18(27)23-24-19(28)14-8-10-15(11-9-14)26(30)31/h4-11,13H,3,12H2,1-2H3,(H,23,27)(H,24,28)/t13-/m0/s1. The van der Waals surface area contributed by atoms with Crippen molar-refractivity contribution < 1.29 is 14.5 Å². The number of thioether (sulfide) groups is 1. The molecule has 0 aliphatic carbocycles. The average Bonchev–Trinajstić information content (AvgIpc) is 2.80. The zero-order chi connectivity index (χ0) is 23.3. The van der Waals surface area contributed by atoms with Gasteiger partial charge < -0.3 is 0 Å². The van der Waals surface area contributed by atoms with Crippen molar-refractivity contribution in [3.8, 4) is 0 Å². The molecule has 2 N–H and O–H groups in total. The highest BCUT2D eigenvalue weighted by Gasteiger charge is 2.17. The van der Waals surface area contributed by atoms with Gasteiger partial charge in [-0.15, -0.1) is 0 Å². The van der Waals surface area contributed by atoms with Gasteiger partial charge in [0.15, 0.2) is 5.16 Å². The normalized spacial score (nSPS) is 11.7. The number of carbonyl (C=O) groups excluding carboxylic acids is 2. The second-order valence-electron chi connectivity index (χ2n) is 6.94. The molecule has 0 unspecified atom stereocenters. The zero-order valence-corrected chi connectivity index (χ0v) is 18.2. The van der Waals surface area contributed by atoms with Gasteiger partial charge in [0.1, 0.15) is 0 Å². The van der Waals surface area contributed by atoms with E-state index in [0.717, 1.165) is 11.8 Å². The van der Waals surface area contributed by atoms with E-state index in [1.165, 1.54) is 24.3 Å². The molecule has 0 spiro atoms. The van der Waals surface area contributed by atoms with E-state index in [-0.39, 0.29) is 28.6 Å². The number of fused-ring (bicyclic) bond motifs is 1. The van der Waals surface area contributed by atoms with Crippen LogP contribution in [-0.2, 0) is 4.79 Å². The Morgan fingerprint density at radius 1 is 1.16 bits per heavy atom. The van der Waals surface area contributed by atoms with Crippen molar-refractivity contribution in [1.82, 2.24) is 20.4 Å². The largest absolute Gasteiger partial charge is 0.284 e. The van der Waals surface area contributed by atoms with Gasteiger partial charge >= 0.3 is 0 Å². The van der Waals surface area contributed by atoms with Crippen LogP contribution in [0.5, 0.6) is 0 Å². The number of hydrogen-bond acceptors (Lipinski definition) is 7. The maximum absolute atomic E-state index is 12.9. The quantitative estimate of drug-likeness (QED) is 0.242. The van der Waals surface area contributed by atoms with Gasteiger partial charge in [0, 0.05) is 23.7 Å². The van der Waals surface area contributed by atoms with Crippen LogP contribution >= 0.6 is 11.8 Å². The van der Waals surface area contributed by atoms with E-state index in [1.807, 2.05) is 13.8 Å². The molecule has 0 bridgehead atoms. The number of rotatable bonds is 7. The number of para-hydroxylation sites is 1. The van der Waals surface area contributed by atoms with E-state index < -0.39 is 16.7 Å². The third-order valence-corrected chi connectivity index (χ3v) is 5.75. The molecular formula is C21H21N5O5S. The highest BCUT2D eigenvalue weighted by molar-refractivity contribution is 7.99. The Kier molecular flexibility index (Phi) is 7.21. The first kappa shape index (κ1) is 22.9. The lowest BCUT2D eigenvalue weighted by molar-refractivity contribution is -0.384. The van der Waals surface area contributed by atoms with Crippen LogP contribution < -0.4 is 16.4 Å². The lowest BCUT2D eigenvalue weighted by Crippen LogP contribution is -2.42. The summed E-state index contributed by atoms with van der Waals surface area (Å²) in [7, 11) is 0. The van der Waals surface area contributed by atoms with Gasteiger partial charge in [-0.25, -0.2) is 4.98 Å². The molecule has 3 rings (SSSR count). The molecule has 11 heteroatoms. The fourth-order valence-corrected chi connectivity index (χ4v) is 3.80. The molecule has 0 aliphatic rings. The molecule has 10 nitrogen and oxygen atoms in total. The molecule has 2 aromatic carbocycles. The predicted molar refractivity (Wildman–Crippen MR) is 120 cm³/mol. The van der Waals surface area contributed by atoms with E-state index in [4.69, 9.17) is 0 Å². The number of aromatic nitrogens is 2. The van der Waals surface area contributed by atoms with Crippen LogP contribution in [0.15, 0.2) is 58.5 Å². The molecule has 1 heterocycles. The van der Waals surface area contributed by atoms with Crippen molar-refractivity contribution in [2.24, 2.45) is 0 Å². The molecular weight excluding hydrogens is 434 g/mol. The number of nitrogens with zero attached hydrogens (tertiary/aromatic N) is 3. The van der Waals surface area contributed by atoms with Gasteiger partial charge in [0.05, 0.1) is 21.6 Å². The van der Waals surface area contributed by atoms with Gasteiger partial charge in [-0.2, -0.15) is 0 Å². The monoisotopic (exact) mass is 455 g/mol. The lowest BCUT2D eigenvalue weighted by atomic mass is 10.2. The minimum Gasteiger partial charge on any atom is -0.284 e. The molecule has 0 fully saturated rings. The Balaban J connectivity index is 1.67. The van der Waals surface area contributed by atoms with Crippen LogP contribution in [0, 0.1) is 10.1 Å². The smallest absolute Gasteiger partial charge is 0.269 e. The fourth-order valence-electron chi connectivity index (χ4n) is 2.90. The summed E-state index contributed by atoms with van der Waals surface area (Å²) in [5, 5.41) is 11.6. The summed E-state index contributed by atoms with van der Waals surface area (Å²) in [6, 6.07) is 11.9. The number of amides is 2. The molecule has 3 aromatic rings. The van der Waals surface area contributed by atoms with Crippen LogP contribution in [0.2, 0.25) is 0 Å². The highest BCUT2D eigenvalue weighted by atomic mass is 32.2. The minimum atomic E-state index is -0.612. The van der Waals surface area contributed by atoms with Crippen LogP contribution in [0.3, 0.4) is 0 Å². The summed E-state index contributed by atoms with van der Waals surface area (Å²) in [5.41, 5.74) is 4.95. The molecule has 0 saturated heterocycles. The van der Waals surface area contributed by atoms with E-state index >= 15 is 0 Å². The van der Waals surface area contributed by atoms with Crippen LogP contribution in [0.1, 0.15) is 36.7 Å². The minimum absolute atomic E-state index is 0.0816. The number of non-ortho nitro benzene ring substituents is 1. The van der Waals surface area contributed by atoms with Gasteiger partial charge in [-0.05, 0) is 37.6 Å². The third-order valence-electron chi connectivity index (χ3n) is 4.80. The fraction of sp³-hybridized carbons (Fsp3) is 0.238. The van der Waals surface area contributed by atoms with Crippen LogP contribution in [-0.4, -0.2) is 32.0 Å². The molecule has 1 aromatic heterocycles. The Morgan fingerprint density at radius 3 is 2.50 bits per heavy atom. The maximum atomic E-state index is 12.9. The van der Waals surface area contributed by atoms with Crippen LogP contribution in [0.4, 0.5) is 5.69 Å². The van der Waals surface area contributed by atoms with E-state index in [9.17, 15) is 24.5 Å². The summed E-state index contributed by atoms with van der Waals surface area (Å²) < 4.78 is 1.58. The molecule has 0 aliphatic heterocycles. The average molecular weight is 455 g/mol. The third kappa shape index (κ3) is 5.11. The second kappa shape index (κ2) is 10.1. The second-order valence-corrected chi connectivity index (χ2v) is 7.88. The Hall–Kier alpha value is -3.73. The van der Waals surface area contributed by atoms with Crippen molar-refractivity contribution in [2.45, 2.75) is 31.5 Å². The Labute approximate surface area is 187 Å². The summed E-state index contributed by atoms with van der Waals surface area (Å²) in [4.78, 5) is 52.0. The van der Waals surface area contributed by atoms with E-state index in [0.29, 0.717) is 22.5 Å². The van der Waals surface area contributed by atoms with Crippen molar-refractivity contribution in [2.75, 3.05) is 5.75 Å². The van der Waals surface area contributed by atoms with Gasteiger partial charge in [0.2, 0.25) is 5.91 Å². The summed E-state index contributed by atoms with van der Waals surface area (Å²) in [5.74, 6) is -1.19. The number of nitro groups is 1. The van der Waals surface area contributed by atoms with Gasteiger partial charge in [-0.1, -0.05) is 30.8 Å². The Morgan fingerprint density at radius 2 is 1.84 bits per heavy atom. The first-order valence-corrected chi connectivity index (χ1v) is 10.8. The topological polar surface area (TPSA) is 136 Å². The number of benzene rings is 2. The summed E-state index contributed by atoms with van der Waals surface area (Å²) in [6.07, 6.45) is 0.713. The van der Waals surface area contributed by atoms with E-state index in [2.05, 4.69) is 15.8 Å². The number of nitro benzene ring substituents is 1. The first-order valence-electron chi connectivity index (χ1n) is 9.79. The Bertz CT molecular complexity index is 1230. The molecule has 1 atom stereocenters. The molecule has 0 saturated carbocycles. The van der Waals surface area contributed by atoms with E-state index in [1.54, 1.807) is 28.8 Å². The summed E-state index contributed by atoms with van der Waals surface area (Å²) >= 11 is 1.09. The molecule has 32 heavy (non-hydrogen) atoms. The van der Waals surface area contributed by atoms with Crippen molar-refractivity contribution in [1.29, 1.82) is 0 Å². The van der Waals surface area contributed by atoms with Crippen molar-refractivity contribution in [3.05, 3.63) is 74.6 Å². The number of nitrogens with one attached hydrogen (secondary N) is 2. The zero-order valence-electron chi connectivity index (χ0n) is 17.4. The number of hydrazine groups is 1. The number of hydrogen-bond donors (Lipinski definition) is 2. The predicted octanol–water partition coefficient (Wildman–Crippen LogP) is 2.83. The molecule has 166 valence electrons. The van der Waals surface area contributed by atoms with Gasteiger partial charge in [-0.3, -0.25) is 39.9 Å². The SMILES string of the molecule is CC[C@H](C)n1c(SCC(=O)NNC(=O)c2ccc([N+](=O)[O-])cc2)nc2ccccc2c1=O. The molecule has 2 amide bonds. The maximum Gasteiger partial charge on any atom is 0.269 e. The van der Waals surface area contributed by atoms with Crippen molar-refractivity contribution >= 4 is 40.2 Å². The van der Waals surface area contributed by atoms with Crippen molar-refractivity contribution in [3.63, 3.8) is 0 Å². The lowest BCUT2D eigenvalue weighted by Gasteiger charge is -2.18. The summed E-state index contributed by atoms with van der Waals surface area (Å²) in [6.45, 7) is 3.87. The van der Waals surface area contributed by atoms with Crippen LogP contribution in [0.25, 0.3) is 10.9 Å². The van der Waals surface area contributed by atoms with Gasteiger partial charge in [0.25, 0.3) is 17.2 Å². The number of carbonyl (C=O) groups is 2. The highest BCUT2D eigenvalue weighted by Crippen LogP contribution is 2.22. The molecule has 0 radical (unpaired) electrons. The first-order chi connectivity index (χ1) is 15.3.